The Morgan fingerprint density at radius 1 is 1.29 bits per heavy atom. The van der Waals surface area contributed by atoms with Crippen molar-refractivity contribution in [3.05, 3.63) is 41.7 Å². The molecule has 0 spiro atoms. The van der Waals surface area contributed by atoms with Crippen LogP contribution in [-0.2, 0) is 11.2 Å². The van der Waals surface area contributed by atoms with E-state index in [9.17, 15) is 9.59 Å². The number of nitrogens with zero attached hydrogens (tertiary/aromatic N) is 2. The van der Waals surface area contributed by atoms with E-state index < -0.39 is 5.97 Å². The Labute approximate surface area is 140 Å². The number of rotatable bonds is 8. The van der Waals surface area contributed by atoms with Gasteiger partial charge in [-0.3, -0.25) is 9.59 Å². The molecule has 7 nitrogen and oxygen atoms in total. The van der Waals surface area contributed by atoms with Crippen molar-refractivity contribution in [2.45, 2.75) is 26.2 Å². The molecule has 2 aromatic rings. The van der Waals surface area contributed by atoms with Gasteiger partial charge in [-0.25, -0.2) is 4.68 Å². The molecule has 24 heavy (non-hydrogen) atoms. The molecule has 0 unspecified atom stereocenters. The number of carbonyl (C=O) groups excluding carboxylic acids is 1. The molecule has 0 aliphatic carbocycles. The molecule has 1 amide bonds. The number of aromatic nitrogens is 2. The Morgan fingerprint density at radius 3 is 2.58 bits per heavy atom. The molecular weight excluding hydrogens is 310 g/mol. The Bertz CT molecular complexity index is 707. The molecule has 0 saturated carbocycles. The summed E-state index contributed by atoms with van der Waals surface area (Å²) in [5, 5.41) is 15.7. The lowest BCUT2D eigenvalue weighted by molar-refractivity contribution is -0.137. The van der Waals surface area contributed by atoms with Gasteiger partial charge in [0.1, 0.15) is 5.75 Å². The predicted molar refractivity (Wildman–Crippen MR) is 88.7 cm³/mol. The number of ether oxygens (including phenoxy) is 1. The van der Waals surface area contributed by atoms with E-state index in [0.29, 0.717) is 24.9 Å². The van der Waals surface area contributed by atoms with Gasteiger partial charge in [0.2, 0.25) is 0 Å². The lowest BCUT2D eigenvalue weighted by atomic mass is 10.2. The van der Waals surface area contributed by atoms with E-state index in [0.717, 1.165) is 17.1 Å². The minimum atomic E-state index is -0.870. The van der Waals surface area contributed by atoms with E-state index in [1.807, 2.05) is 31.2 Å². The highest BCUT2D eigenvalue weighted by Gasteiger charge is 2.17. The number of aliphatic carboxylic acids is 1. The fourth-order valence-corrected chi connectivity index (χ4v) is 2.39. The lowest BCUT2D eigenvalue weighted by Gasteiger charge is -2.09. The van der Waals surface area contributed by atoms with Gasteiger partial charge in [-0.15, -0.1) is 0 Å². The number of amides is 1. The first-order valence-electron chi connectivity index (χ1n) is 7.78. The number of hydrogen-bond acceptors (Lipinski definition) is 4. The monoisotopic (exact) mass is 331 g/mol. The third-order valence-electron chi connectivity index (χ3n) is 3.62. The molecule has 128 valence electrons. The van der Waals surface area contributed by atoms with Gasteiger partial charge in [0.15, 0.2) is 0 Å². The highest BCUT2D eigenvalue weighted by atomic mass is 16.5. The van der Waals surface area contributed by atoms with Crippen molar-refractivity contribution in [3.63, 3.8) is 0 Å². The second-order valence-electron chi connectivity index (χ2n) is 5.22. The summed E-state index contributed by atoms with van der Waals surface area (Å²) in [6.07, 6.45) is 2.61. The fourth-order valence-electron chi connectivity index (χ4n) is 2.39. The van der Waals surface area contributed by atoms with E-state index in [1.165, 1.54) is 6.20 Å². The maximum atomic E-state index is 12.3. The number of carbonyl (C=O) groups is 2. The van der Waals surface area contributed by atoms with E-state index in [4.69, 9.17) is 9.84 Å². The van der Waals surface area contributed by atoms with Crippen LogP contribution in [0.2, 0.25) is 0 Å². The van der Waals surface area contributed by atoms with Gasteiger partial charge in [-0.05, 0) is 37.1 Å². The van der Waals surface area contributed by atoms with Crippen LogP contribution < -0.4 is 10.1 Å². The molecule has 0 aliphatic rings. The maximum Gasteiger partial charge on any atom is 0.303 e. The van der Waals surface area contributed by atoms with Crippen LogP contribution in [0, 0.1) is 0 Å². The van der Waals surface area contributed by atoms with Crippen LogP contribution in [0.15, 0.2) is 30.5 Å². The highest BCUT2D eigenvalue weighted by Crippen LogP contribution is 2.19. The third-order valence-corrected chi connectivity index (χ3v) is 3.62. The van der Waals surface area contributed by atoms with Crippen molar-refractivity contribution in [3.8, 4) is 11.4 Å². The molecule has 2 N–H and O–H groups in total. The largest absolute Gasteiger partial charge is 0.497 e. The van der Waals surface area contributed by atoms with Gasteiger partial charge >= 0.3 is 5.97 Å². The van der Waals surface area contributed by atoms with Crippen LogP contribution in [0.4, 0.5) is 0 Å². The first-order chi connectivity index (χ1) is 11.6. The summed E-state index contributed by atoms with van der Waals surface area (Å²) in [5.74, 6) is -0.358. The average Bonchev–Trinajstić information content (AvgIpc) is 3.02. The summed E-state index contributed by atoms with van der Waals surface area (Å²) in [5.41, 5.74) is 2.15. The zero-order chi connectivity index (χ0) is 17.5. The van der Waals surface area contributed by atoms with E-state index in [2.05, 4.69) is 10.4 Å². The summed E-state index contributed by atoms with van der Waals surface area (Å²) in [4.78, 5) is 22.8. The van der Waals surface area contributed by atoms with Crippen molar-refractivity contribution in [1.82, 2.24) is 15.1 Å². The Morgan fingerprint density at radius 2 is 2.00 bits per heavy atom. The van der Waals surface area contributed by atoms with Crippen LogP contribution in [-0.4, -0.2) is 40.4 Å². The predicted octanol–water partition coefficient (Wildman–Crippen LogP) is 2.04. The number of hydrogen-bond donors (Lipinski definition) is 2. The molecule has 0 radical (unpaired) electrons. The second-order valence-corrected chi connectivity index (χ2v) is 5.22. The van der Waals surface area contributed by atoms with Crippen LogP contribution in [0.5, 0.6) is 5.75 Å². The fraction of sp³-hybridized carbons (Fsp3) is 0.353. The first kappa shape index (κ1) is 17.5. The molecule has 1 heterocycles. The van der Waals surface area contributed by atoms with Crippen molar-refractivity contribution < 1.29 is 19.4 Å². The first-order valence-corrected chi connectivity index (χ1v) is 7.78. The standard InChI is InChI=1S/C17H21N3O4/c1-3-15-14(17(23)18-10-4-5-16(21)22)11-19-20(15)12-6-8-13(24-2)9-7-12/h6-9,11H,3-5,10H2,1-2H3,(H,18,23)(H,21,22). The Balaban J connectivity index is 2.13. The van der Waals surface area contributed by atoms with E-state index in [-0.39, 0.29) is 12.3 Å². The number of carboxylic acids is 1. The molecule has 1 aromatic carbocycles. The van der Waals surface area contributed by atoms with Crippen LogP contribution in [0.3, 0.4) is 0 Å². The molecule has 1 aromatic heterocycles. The van der Waals surface area contributed by atoms with E-state index in [1.54, 1.807) is 11.8 Å². The normalized spacial score (nSPS) is 10.4. The maximum absolute atomic E-state index is 12.3. The van der Waals surface area contributed by atoms with Gasteiger partial charge < -0.3 is 15.2 Å². The average molecular weight is 331 g/mol. The lowest BCUT2D eigenvalue weighted by Crippen LogP contribution is -2.25. The molecule has 0 aliphatic heterocycles. The number of nitrogens with one attached hydrogen (secondary N) is 1. The Hall–Kier alpha value is -2.83. The molecule has 7 heteroatoms. The minimum absolute atomic E-state index is 0.0338. The van der Waals surface area contributed by atoms with Gasteiger partial charge in [0.25, 0.3) is 5.91 Å². The summed E-state index contributed by atoms with van der Waals surface area (Å²) < 4.78 is 6.87. The van der Waals surface area contributed by atoms with Crippen molar-refractivity contribution in [2.24, 2.45) is 0 Å². The minimum Gasteiger partial charge on any atom is -0.497 e. The van der Waals surface area contributed by atoms with Gasteiger partial charge in [-0.1, -0.05) is 6.92 Å². The molecule has 0 bridgehead atoms. The van der Waals surface area contributed by atoms with Gasteiger partial charge in [-0.2, -0.15) is 5.10 Å². The molecule has 0 saturated heterocycles. The molecule has 0 atom stereocenters. The van der Waals surface area contributed by atoms with Crippen molar-refractivity contribution >= 4 is 11.9 Å². The van der Waals surface area contributed by atoms with Crippen LogP contribution in [0.1, 0.15) is 35.8 Å². The number of methoxy groups -OCH3 is 1. The quantitative estimate of drug-likeness (QED) is 0.722. The summed E-state index contributed by atoms with van der Waals surface area (Å²) in [6, 6.07) is 7.42. The zero-order valence-electron chi connectivity index (χ0n) is 13.8. The zero-order valence-corrected chi connectivity index (χ0v) is 13.8. The number of carboxylic acid groups (broad SMARTS) is 1. The van der Waals surface area contributed by atoms with Crippen LogP contribution in [0.25, 0.3) is 5.69 Å². The van der Waals surface area contributed by atoms with Crippen LogP contribution >= 0.6 is 0 Å². The second kappa shape index (κ2) is 8.14. The van der Waals surface area contributed by atoms with Crippen molar-refractivity contribution in [1.29, 1.82) is 0 Å². The number of benzene rings is 1. The summed E-state index contributed by atoms with van der Waals surface area (Å²) in [7, 11) is 1.60. The molecule has 2 rings (SSSR count). The SMILES string of the molecule is CCc1c(C(=O)NCCCC(=O)O)cnn1-c1ccc(OC)cc1. The van der Waals surface area contributed by atoms with E-state index >= 15 is 0 Å². The topological polar surface area (TPSA) is 93.5 Å². The van der Waals surface area contributed by atoms with Crippen molar-refractivity contribution in [2.75, 3.05) is 13.7 Å². The summed E-state index contributed by atoms with van der Waals surface area (Å²) in [6.45, 7) is 2.28. The summed E-state index contributed by atoms with van der Waals surface area (Å²) >= 11 is 0. The third kappa shape index (κ3) is 4.13. The van der Waals surface area contributed by atoms with Gasteiger partial charge in [0.05, 0.1) is 30.3 Å². The Kier molecular flexibility index (Phi) is 5.95. The highest BCUT2D eigenvalue weighted by molar-refractivity contribution is 5.95. The molecular formula is C17H21N3O4. The van der Waals surface area contributed by atoms with Gasteiger partial charge in [0, 0.05) is 13.0 Å². The smallest absolute Gasteiger partial charge is 0.303 e. The molecule has 0 fully saturated rings.